The molecule has 0 amide bonds. The van der Waals surface area contributed by atoms with Crippen molar-refractivity contribution in [2.45, 2.75) is 0 Å². The van der Waals surface area contributed by atoms with Crippen LogP contribution >= 0.6 is 0 Å². The predicted octanol–water partition coefficient (Wildman–Crippen LogP) is -18.3. The van der Waals surface area contributed by atoms with E-state index in [1.54, 1.807) is 0 Å². The van der Waals surface area contributed by atoms with Gasteiger partial charge in [-0.25, -0.2) is 37.3 Å². The van der Waals surface area contributed by atoms with Crippen LogP contribution in [0.5, 0.6) is 0 Å². The topological polar surface area (TPSA) is 393 Å². The summed E-state index contributed by atoms with van der Waals surface area (Å²) in [4.78, 5) is 2.06. The number of hydrogen-bond donors (Lipinski definition) is 3. The Hall–Kier alpha value is 0.934. The standard InChI is InChI=1S/C4H12N2.4ClHO4.Ni/c1-6(2)4-3-5;4*2-1(3,4)5;/h3-5H2,1-2H3;4*(H,2,3,4,5);/q;;;;;+2/p-2. The molecule has 0 aromatic carbocycles. The third-order valence-corrected chi connectivity index (χ3v) is 0.576. The molecule has 0 saturated heterocycles. The van der Waals surface area contributed by atoms with Crippen LogP contribution in [-0.4, -0.2) is 41.4 Å². The van der Waals surface area contributed by atoms with E-state index >= 15 is 0 Å². The number of rotatable bonds is 2. The molecular formula is C4H14Cl4N2NiO16. The number of nitrogens with zero attached hydrogens (tertiary/aromatic N) is 1. The molecule has 0 saturated carbocycles. The molecule has 0 atom stereocenters. The van der Waals surface area contributed by atoms with Crippen LogP contribution in [0.4, 0.5) is 0 Å². The van der Waals surface area contributed by atoms with Gasteiger partial charge in [0.1, 0.15) is 0 Å². The Balaban J connectivity index is -0.0000000507. The molecular weight excluding hydrogens is 533 g/mol. The first-order valence-electron chi connectivity index (χ1n) is 4.62. The summed E-state index contributed by atoms with van der Waals surface area (Å²) in [6, 6.07) is 0. The zero-order chi connectivity index (χ0) is 23.0. The van der Waals surface area contributed by atoms with Gasteiger partial charge in [0.25, 0.3) is 0 Å². The van der Waals surface area contributed by atoms with E-state index in [4.69, 9.17) is 80.3 Å². The Morgan fingerprint density at radius 1 is 0.630 bits per heavy atom. The Labute approximate surface area is 170 Å². The minimum Gasteiger partial charge on any atom is -0.329 e. The summed E-state index contributed by atoms with van der Waals surface area (Å²) in [5.41, 5.74) is 5.19. The van der Waals surface area contributed by atoms with E-state index in [1.165, 1.54) is 0 Å². The smallest absolute Gasteiger partial charge is 0.329 e. The van der Waals surface area contributed by atoms with Gasteiger partial charge >= 0.3 is 16.5 Å². The fourth-order valence-corrected chi connectivity index (χ4v) is 0.258. The van der Waals surface area contributed by atoms with Crippen molar-refractivity contribution in [3.05, 3.63) is 0 Å². The summed E-state index contributed by atoms with van der Waals surface area (Å²) in [5.74, 6) is 0. The van der Waals surface area contributed by atoms with Gasteiger partial charge in [0, 0.05) is 13.1 Å². The van der Waals surface area contributed by atoms with E-state index < -0.39 is 41.0 Å². The van der Waals surface area contributed by atoms with E-state index in [9.17, 15) is 0 Å². The van der Waals surface area contributed by atoms with Gasteiger partial charge in [-0.3, -0.25) is 0 Å². The molecule has 0 fully saturated rings. The zero-order valence-electron chi connectivity index (χ0n) is 12.9. The molecule has 23 heteroatoms. The van der Waals surface area contributed by atoms with Gasteiger partial charge in [-0.05, 0) is 14.1 Å². The summed E-state index contributed by atoms with van der Waals surface area (Å²) < 4.78 is 133. The van der Waals surface area contributed by atoms with E-state index in [0.717, 1.165) is 13.1 Å². The van der Waals surface area contributed by atoms with E-state index in [2.05, 4.69) is 4.90 Å². The largest absolute Gasteiger partial charge is 2.00 e. The van der Waals surface area contributed by atoms with Crippen LogP contribution in [0.3, 0.4) is 0 Å². The molecule has 0 radical (unpaired) electrons. The van der Waals surface area contributed by atoms with Crippen LogP contribution in [0.25, 0.3) is 0 Å². The molecule has 18 nitrogen and oxygen atoms in total. The van der Waals surface area contributed by atoms with Crippen molar-refractivity contribution < 1.29 is 132 Å². The van der Waals surface area contributed by atoms with Gasteiger partial charge in [0.2, 0.25) is 0 Å². The predicted molar refractivity (Wildman–Crippen MR) is 32.0 cm³/mol. The average molecular weight is 547 g/mol. The number of likely N-dealkylation sites (N-methyl/N-ethyl adjacent to an activating group) is 1. The molecule has 0 unspecified atom stereocenters. The Morgan fingerprint density at radius 3 is 0.741 bits per heavy atom. The molecule has 0 aliphatic carbocycles. The maximum absolute atomic E-state index is 8.60. The zero-order valence-corrected chi connectivity index (χ0v) is 16.9. The van der Waals surface area contributed by atoms with Gasteiger partial charge in [-0.1, -0.05) is 0 Å². The van der Waals surface area contributed by atoms with Crippen LogP contribution in [0.1, 0.15) is 0 Å². The van der Waals surface area contributed by atoms with Crippen LogP contribution in [0.2, 0.25) is 0 Å². The van der Waals surface area contributed by atoms with E-state index in [1.807, 2.05) is 14.1 Å². The van der Waals surface area contributed by atoms with Crippen molar-refractivity contribution in [3.63, 3.8) is 0 Å². The summed E-state index contributed by atoms with van der Waals surface area (Å²) in [6.45, 7) is 1.74. The molecule has 0 aromatic rings. The minimum atomic E-state index is -4.94. The first-order valence-corrected chi connectivity index (χ1v) is 9.61. The summed E-state index contributed by atoms with van der Waals surface area (Å²) in [5, 5.41) is 0. The normalized spacial score (nSPS) is 11.1. The number of hydrogen-bond acceptors (Lipinski definition) is 18. The molecule has 174 valence electrons. The third-order valence-electron chi connectivity index (χ3n) is 0.576. The van der Waals surface area contributed by atoms with Crippen molar-refractivity contribution in [3.8, 4) is 0 Å². The van der Waals surface area contributed by atoms with Gasteiger partial charge in [0.15, 0.2) is 0 Å². The average Bonchev–Trinajstić information content (AvgIpc) is 2.03. The quantitative estimate of drug-likeness (QED) is 0.270. The SMILES string of the molecule is CN(C)CCN.[Ni+2].[O-][Cl+3]([O-])([O-])O.[O-][Cl+3]([O-])([O-])O.[O-][Cl+3]([O-])([O-])[O-].[O-][Cl+3]([O-])([O-])[O-]. The molecule has 0 aliphatic rings. The molecule has 0 heterocycles. The molecule has 0 aliphatic heterocycles. The van der Waals surface area contributed by atoms with Gasteiger partial charge in [-0.2, -0.15) is 28.0 Å². The van der Waals surface area contributed by atoms with Crippen LogP contribution in [0, 0.1) is 41.0 Å². The first-order chi connectivity index (χ1) is 10.8. The fraction of sp³-hybridized carbons (Fsp3) is 1.00. The van der Waals surface area contributed by atoms with Gasteiger partial charge in [-0.15, -0.1) is 20.5 Å². The fourth-order valence-electron chi connectivity index (χ4n) is 0.258. The van der Waals surface area contributed by atoms with E-state index in [0.29, 0.717) is 0 Å². The third kappa shape index (κ3) is 1080. The van der Waals surface area contributed by atoms with E-state index in [-0.39, 0.29) is 16.5 Å². The number of halogens is 4. The number of nitrogens with two attached hydrogens (primary N) is 1. The van der Waals surface area contributed by atoms with Crippen molar-refractivity contribution in [1.29, 1.82) is 0 Å². The van der Waals surface area contributed by atoms with Crippen molar-refractivity contribution in [1.82, 2.24) is 4.90 Å². The second-order valence-electron chi connectivity index (χ2n) is 3.14. The molecule has 0 bridgehead atoms. The van der Waals surface area contributed by atoms with Gasteiger partial charge < -0.3 is 10.6 Å². The molecule has 27 heavy (non-hydrogen) atoms. The van der Waals surface area contributed by atoms with Crippen LogP contribution in [-0.2, 0) is 16.5 Å². The van der Waals surface area contributed by atoms with Crippen molar-refractivity contribution in [2.24, 2.45) is 5.73 Å². The Kier molecular flexibility index (Phi) is 31.5. The summed E-state index contributed by atoms with van der Waals surface area (Å²) >= 11 is 0. The van der Waals surface area contributed by atoms with Crippen molar-refractivity contribution >= 4 is 0 Å². The maximum atomic E-state index is 8.60. The molecule has 0 rings (SSSR count). The Morgan fingerprint density at radius 2 is 0.741 bits per heavy atom. The molecule has 0 spiro atoms. The second-order valence-corrected chi connectivity index (χ2v) is 6.24. The Bertz CT molecular complexity index is 216. The summed E-state index contributed by atoms with van der Waals surface area (Å²) in [6.07, 6.45) is 0. The van der Waals surface area contributed by atoms with Crippen molar-refractivity contribution in [2.75, 3.05) is 27.2 Å². The van der Waals surface area contributed by atoms with Crippen LogP contribution in [0.15, 0.2) is 0 Å². The van der Waals surface area contributed by atoms with Gasteiger partial charge in [0.05, 0.1) is 29.8 Å². The maximum Gasteiger partial charge on any atom is 2.00 e. The molecule has 0 aromatic heterocycles. The second kappa shape index (κ2) is 20.2. The summed E-state index contributed by atoms with van der Waals surface area (Å²) in [7, 11) is -15.3. The monoisotopic (exact) mass is 544 g/mol. The molecule has 4 N–H and O–H groups in total. The minimum absolute atomic E-state index is 0. The van der Waals surface area contributed by atoms with Crippen LogP contribution < -0.4 is 71.0 Å². The first kappa shape index (κ1) is 42.1.